The minimum Gasteiger partial charge on any atom is -0.479 e. The predicted molar refractivity (Wildman–Crippen MR) is 126 cm³/mol. The van der Waals surface area contributed by atoms with Crippen molar-refractivity contribution < 1.29 is 18.7 Å². The van der Waals surface area contributed by atoms with Crippen molar-refractivity contribution >= 4 is 5.97 Å². The van der Waals surface area contributed by atoms with Crippen LogP contribution in [-0.4, -0.2) is 35.0 Å². The highest BCUT2D eigenvalue weighted by Gasteiger charge is 2.30. The first-order valence-electron chi connectivity index (χ1n) is 11.7. The second kappa shape index (κ2) is 10.7. The third kappa shape index (κ3) is 5.45. The molecule has 6 heteroatoms. The van der Waals surface area contributed by atoms with Gasteiger partial charge in [-0.15, -0.1) is 0 Å². The Morgan fingerprint density at radius 1 is 1.15 bits per heavy atom. The van der Waals surface area contributed by atoms with Gasteiger partial charge in [0.15, 0.2) is 12.5 Å². The lowest BCUT2D eigenvalue weighted by Crippen LogP contribution is -2.44. The summed E-state index contributed by atoms with van der Waals surface area (Å²) in [6.45, 7) is 7.87. The molecule has 2 aromatic carbocycles. The molecular weight excluding hydrogens is 416 g/mol. The molecule has 0 amide bonds. The zero-order valence-electron chi connectivity index (χ0n) is 19.6. The summed E-state index contributed by atoms with van der Waals surface area (Å²) < 4.78 is 17.2. The zero-order valence-corrected chi connectivity index (χ0v) is 19.6. The van der Waals surface area contributed by atoms with E-state index in [2.05, 4.69) is 41.1 Å². The molecule has 2 atom stereocenters. The molecule has 1 fully saturated rings. The fourth-order valence-corrected chi connectivity index (χ4v) is 4.44. The SMILES string of the molecule is CCOC(=O)C1CCCCN1Cc1ccc(O[C@@H](c2ccccc2C)c2ncoc2C)cc1. The summed E-state index contributed by atoms with van der Waals surface area (Å²) >= 11 is 0. The van der Waals surface area contributed by atoms with E-state index in [0.717, 1.165) is 59.7 Å². The maximum absolute atomic E-state index is 12.4. The number of oxazole rings is 1. The molecule has 0 saturated carbocycles. The van der Waals surface area contributed by atoms with Crippen molar-refractivity contribution in [3.63, 3.8) is 0 Å². The number of aryl methyl sites for hydroxylation is 2. The van der Waals surface area contributed by atoms with Crippen LogP contribution in [0, 0.1) is 13.8 Å². The second-order valence-corrected chi connectivity index (χ2v) is 8.53. The lowest BCUT2D eigenvalue weighted by Gasteiger charge is -2.34. The lowest BCUT2D eigenvalue weighted by molar-refractivity contribution is -0.151. The van der Waals surface area contributed by atoms with E-state index in [0.29, 0.717) is 13.2 Å². The van der Waals surface area contributed by atoms with Crippen molar-refractivity contribution in [1.82, 2.24) is 9.88 Å². The molecule has 1 aromatic heterocycles. The van der Waals surface area contributed by atoms with Gasteiger partial charge < -0.3 is 13.9 Å². The van der Waals surface area contributed by atoms with Crippen LogP contribution < -0.4 is 4.74 Å². The summed E-state index contributed by atoms with van der Waals surface area (Å²) in [5, 5.41) is 0. The summed E-state index contributed by atoms with van der Waals surface area (Å²) in [5.74, 6) is 1.39. The molecule has 1 unspecified atom stereocenters. The summed E-state index contributed by atoms with van der Waals surface area (Å²) in [5.41, 5.74) is 4.11. The Hall–Kier alpha value is -3.12. The number of nitrogens with zero attached hydrogens (tertiary/aromatic N) is 2. The van der Waals surface area contributed by atoms with Gasteiger partial charge in [0.2, 0.25) is 0 Å². The van der Waals surface area contributed by atoms with Gasteiger partial charge in [0.1, 0.15) is 23.2 Å². The molecule has 174 valence electrons. The number of aromatic nitrogens is 1. The Labute approximate surface area is 195 Å². The van der Waals surface area contributed by atoms with Crippen LogP contribution in [0.4, 0.5) is 0 Å². The van der Waals surface area contributed by atoms with Gasteiger partial charge in [-0.1, -0.05) is 42.8 Å². The van der Waals surface area contributed by atoms with Crippen molar-refractivity contribution in [2.75, 3.05) is 13.2 Å². The third-order valence-electron chi connectivity index (χ3n) is 6.24. The van der Waals surface area contributed by atoms with E-state index in [-0.39, 0.29) is 18.1 Å². The molecule has 0 bridgehead atoms. The molecule has 4 rings (SSSR count). The van der Waals surface area contributed by atoms with Crippen molar-refractivity contribution in [3.8, 4) is 5.75 Å². The Balaban J connectivity index is 1.50. The molecule has 0 aliphatic carbocycles. The standard InChI is InChI=1S/C27H32N2O4/c1-4-31-27(30)24-11-7-8-16-29(24)17-21-12-14-22(15-13-21)33-26(25-20(3)32-18-28-25)23-10-6-5-9-19(23)2/h5-6,9-10,12-15,18,24,26H,4,7-8,11,16-17H2,1-3H3/t24?,26-/m0/s1. The molecule has 0 spiro atoms. The monoisotopic (exact) mass is 448 g/mol. The summed E-state index contributed by atoms with van der Waals surface area (Å²) in [4.78, 5) is 19.0. The van der Waals surface area contributed by atoms with Crippen molar-refractivity contribution in [1.29, 1.82) is 0 Å². The maximum Gasteiger partial charge on any atom is 0.323 e. The van der Waals surface area contributed by atoms with E-state index in [1.54, 1.807) is 0 Å². The Morgan fingerprint density at radius 2 is 1.94 bits per heavy atom. The first-order valence-corrected chi connectivity index (χ1v) is 11.7. The van der Waals surface area contributed by atoms with Gasteiger partial charge in [0.05, 0.1) is 6.61 Å². The van der Waals surface area contributed by atoms with E-state index in [9.17, 15) is 4.79 Å². The van der Waals surface area contributed by atoms with Crippen molar-refractivity contribution in [2.45, 2.75) is 58.7 Å². The van der Waals surface area contributed by atoms with Gasteiger partial charge in [0.25, 0.3) is 0 Å². The zero-order chi connectivity index (χ0) is 23.2. The number of rotatable bonds is 8. The molecule has 33 heavy (non-hydrogen) atoms. The first-order chi connectivity index (χ1) is 16.1. The lowest BCUT2D eigenvalue weighted by atomic mass is 10.00. The quantitative estimate of drug-likeness (QED) is 0.431. The molecular formula is C27H32N2O4. The minimum absolute atomic E-state index is 0.110. The van der Waals surface area contributed by atoms with Crippen molar-refractivity contribution in [2.24, 2.45) is 0 Å². The van der Waals surface area contributed by atoms with Crippen LogP contribution in [0.1, 0.15) is 60.4 Å². The van der Waals surface area contributed by atoms with Crippen LogP contribution in [0.5, 0.6) is 5.75 Å². The molecule has 1 saturated heterocycles. The molecule has 0 N–H and O–H groups in total. The highest BCUT2D eigenvalue weighted by Crippen LogP contribution is 2.32. The first kappa shape index (κ1) is 23.1. The fourth-order valence-electron chi connectivity index (χ4n) is 4.44. The Bertz CT molecular complexity index is 1060. The third-order valence-corrected chi connectivity index (χ3v) is 6.24. The molecule has 0 radical (unpaired) electrons. The number of carbonyl (C=O) groups excluding carboxylic acids is 1. The molecule has 1 aliphatic rings. The fraction of sp³-hybridized carbons (Fsp3) is 0.407. The van der Waals surface area contributed by atoms with Crippen LogP contribution in [0.25, 0.3) is 0 Å². The Morgan fingerprint density at radius 3 is 2.64 bits per heavy atom. The number of benzene rings is 2. The van der Waals surface area contributed by atoms with Crippen LogP contribution in [0.2, 0.25) is 0 Å². The van der Waals surface area contributed by atoms with Crippen LogP contribution in [0.15, 0.2) is 59.3 Å². The number of hydrogen-bond donors (Lipinski definition) is 0. The summed E-state index contributed by atoms with van der Waals surface area (Å²) in [6, 6.07) is 16.1. The van der Waals surface area contributed by atoms with Gasteiger partial charge in [-0.3, -0.25) is 9.69 Å². The van der Waals surface area contributed by atoms with Gasteiger partial charge in [0, 0.05) is 12.1 Å². The number of esters is 1. The van der Waals surface area contributed by atoms with E-state index < -0.39 is 0 Å². The topological polar surface area (TPSA) is 64.8 Å². The number of likely N-dealkylation sites (tertiary alicyclic amines) is 1. The Kier molecular flexibility index (Phi) is 7.45. The van der Waals surface area contributed by atoms with Gasteiger partial charge in [-0.2, -0.15) is 0 Å². The predicted octanol–water partition coefficient (Wildman–Crippen LogP) is 5.38. The van der Waals surface area contributed by atoms with E-state index in [1.165, 1.54) is 6.39 Å². The largest absolute Gasteiger partial charge is 0.479 e. The molecule has 3 aromatic rings. The van der Waals surface area contributed by atoms with Gasteiger partial charge in [-0.25, -0.2) is 4.98 Å². The van der Waals surface area contributed by atoms with Crippen molar-refractivity contribution in [3.05, 3.63) is 83.1 Å². The summed E-state index contributed by atoms with van der Waals surface area (Å²) in [7, 11) is 0. The molecule has 1 aliphatic heterocycles. The summed E-state index contributed by atoms with van der Waals surface area (Å²) in [6.07, 6.45) is 4.13. The van der Waals surface area contributed by atoms with E-state index in [1.807, 2.05) is 38.1 Å². The minimum atomic E-state index is -0.355. The van der Waals surface area contributed by atoms with Gasteiger partial charge >= 0.3 is 5.97 Å². The number of piperidine rings is 1. The van der Waals surface area contributed by atoms with E-state index in [4.69, 9.17) is 13.9 Å². The average molecular weight is 449 g/mol. The smallest absolute Gasteiger partial charge is 0.323 e. The van der Waals surface area contributed by atoms with E-state index >= 15 is 0 Å². The number of hydrogen-bond acceptors (Lipinski definition) is 6. The van der Waals surface area contributed by atoms with Crippen LogP contribution in [-0.2, 0) is 16.1 Å². The number of ether oxygens (including phenoxy) is 2. The average Bonchev–Trinajstić information content (AvgIpc) is 3.25. The van der Waals surface area contributed by atoms with Crippen LogP contribution in [0.3, 0.4) is 0 Å². The highest BCUT2D eigenvalue weighted by molar-refractivity contribution is 5.75. The van der Waals surface area contributed by atoms with Gasteiger partial charge in [-0.05, 0) is 63.4 Å². The number of carbonyl (C=O) groups is 1. The second-order valence-electron chi connectivity index (χ2n) is 8.53. The van der Waals surface area contributed by atoms with Crippen LogP contribution >= 0.6 is 0 Å². The molecule has 6 nitrogen and oxygen atoms in total. The molecule has 2 heterocycles. The maximum atomic E-state index is 12.4. The normalized spacial score (nSPS) is 17.5. The highest BCUT2D eigenvalue weighted by atomic mass is 16.5.